The summed E-state index contributed by atoms with van der Waals surface area (Å²) in [4.78, 5) is 28.4. The number of hydrogen-bond acceptors (Lipinski definition) is 5. The summed E-state index contributed by atoms with van der Waals surface area (Å²) in [6, 6.07) is -0.361. The van der Waals surface area contributed by atoms with Crippen LogP contribution in [0.3, 0.4) is 0 Å². The van der Waals surface area contributed by atoms with Crippen molar-refractivity contribution in [2.75, 3.05) is 19.8 Å². The molecule has 1 unspecified atom stereocenters. The van der Waals surface area contributed by atoms with Crippen molar-refractivity contribution in [3.05, 3.63) is 12.7 Å². The second kappa shape index (κ2) is 6.99. The van der Waals surface area contributed by atoms with Gasteiger partial charge in [0.05, 0.1) is 25.7 Å². The second-order valence-electron chi connectivity index (χ2n) is 4.68. The van der Waals surface area contributed by atoms with Gasteiger partial charge in [-0.15, -0.1) is 0 Å². The van der Waals surface area contributed by atoms with E-state index in [0.717, 1.165) is 0 Å². The Morgan fingerprint density at radius 2 is 2.30 bits per heavy atom. The van der Waals surface area contributed by atoms with Crippen LogP contribution in [0.2, 0.25) is 0 Å². The standard InChI is InChI=1S/C12H18N4O4/c17-11(2-1-3-15-9-13-8-14-15)16-4-5-20-7-10(16)6-12(18)19/h8-10H,1-7H2,(H,18,19). The van der Waals surface area contributed by atoms with Crippen molar-refractivity contribution in [2.45, 2.75) is 31.8 Å². The second-order valence-corrected chi connectivity index (χ2v) is 4.68. The predicted molar refractivity (Wildman–Crippen MR) is 67.8 cm³/mol. The average molecular weight is 282 g/mol. The highest BCUT2D eigenvalue weighted by molar-refractivity contribution is 5.77. The molecule has 0 aliphatic carbocycles. The third kappa shape index (κ3) is 4.02. The minimum Gasteiger partial charge on any atom is -0.481 e. The lowest BCUT2D eigenvalue weighted by Gasteiger charge is -2.35. The summed E-state index contributed by atoms with van der Waals surface area (Å²) in [5, 5.41) is 12.8. The molecular weight excluding hydrogens is 264 g/mol. The molecule has 1 amide bonds. The van der Waals surface area contributed by atoms with E-state index in [-0.39, 0.29) is 18.4 Å². The fourth-order valence-electron chi connectivity index (χ4n) is 2.24. The number of carboxylic acids is 1. The van der Waals surface area contributed by atoms with Crippen LogP contribution in [0.25, 0.3) is 0 Å². The molecule has 0 aromatic carbocycles. The fraction of sp³-hybridized carbons (Fsp3) is 0.667. The lowest BCUT2D eigenvalue weighted by atomic mass is 10.1. The molecule has 0 bridgehead atoms. The van der Waals surface area contributed by atoms with Crippen molar-refractivity contribution in [1.82, 2.24) is 19.7 Å². The van der Waals surface area contributed by atoms with E-state index in [1.54, 1.807) is 15.9 Å². The molecule has 1 aromatic rings. The van der Waals surface area contributed by atoms with Gasteiger partial charge in [0.2, 0.25) is 5.91 Å². The van der Waals surface area contributed by atoms with E-state index in [1.807, 2.05) is 0 Å². The third-order valence-electron chi connectivity index (χ3n) is 3.20. The van der Waals surface area contributed by atoms with E-state index in [1.165, 1.54) is 6.33 Å². The summed E-state index contributed by atoms with van der Waals surface area (Å²) in [5.41, 5.74) is 0. The molecule has 1 N–H and O–H groups in total. The summed E-state index contributed by atoms with van der Waals surface area (Å²) in [7, 11) is 0. The summed E-state index contributed by atoms with van der Waals surface area (Å²) in [6.07, 6.45) is 4.00. The Balaban J connectivity index is 1.81. The Hall–Kier alpha value is -1.96. The fourth-order valence-corrected chi connectivity index (χ4v) is 2.24. The number of rotatable bonds is 6. The Morgan fingerprint density at radius 3 is 3.00 bits per heavy atom. The van der Waals surface area contributed by atoms with Gasteiger partial charge in [-0.25, -0.2) is 4.98 Å². The Kier molecular flexibility index (Phi) is 5.05. The van der Waals surface area contributed by atoms with Crippen molar-refractivity contribution >= 4 is 11.9 Å². The van der Waals surface area contributed by atoms with Crippen molar-refractivity contribution in [1.29, 1.82) is 0 Å². The average Bonchev–Trinajstić information content (AvgIpc) is 2.91. The monoisotopic (exact) mass is 282 g/mol. The van der Waals surface area contributed by atoms with Crippen molar-refractivity contribution in [3.63, 3.8) is 0 Å². The van der Waals surface area contributed by atoms with Crippen LogP contribution in [0.4, 0.5) is 0 Å². The summed E-state index contributed by atoms with van der Waals surface area (Å²) in [6.45, 7) is 1.84. The molecule has 0 radical (unpaired) electrons. The van der Waals surface area contributed by atoms with Crippen LogP contribution in [0.5, 0.6) is 0 Å². The number of ether oxygens (including phenoxy) is 1. The molecular formula is C12H18N4O4. The Labute approximate surface area is 116 Å². The molecule has 2 rings (SSSR count). The van der Waals surface area contributed by atoms with Gasteiger partial charge in [-0.2, -0.15) is 5.10 Å². The van der Waals surface area contributed by atoms with Crippen LogP contribution in [0, 0.1) is 0 Å². The Morgan fingerprint density at radius 1 is 1.45 bits per heavy atom. The van der Waals surface area contributed by atoms with E-state index >= 15 is 0 Å². The van der Waals surface area contributed by atoms with E-state index in [9.17, 15) is 9.59 Å². The zero-order valence-electron chi connectivity index (χ0n) is 11.1. The maximum absolute atomic E-state index is 12.2. The first kappa shape index (κ1) is 14.4. The molecule has 2 heterocycles. The van der Waals surface area contributed by atoms with Gasteiger partial charge >= 0.3 is 5.97 Å². The van der Waals surface area contributed by atoms with Crippen LogP contribution in [-0.4, -0.2) is 62.4 Å². The van der Waals surface area contributed by atoms with Gasteiger partial charge in [0.15, 0.2) is 0 Å². The molecule has 0 spiro atoms. The van der Waals surface area contributed by atoms with Crippen LogP contribution in [0.15, 0.2) is 12.7 Å². The minimum atomic E-state index is -0.916. The summed E-state index contributed by atoms with van der Waals surface area (Å²) < 4.78 is 6.92. The Bertz CT molecular complexity index is 448. The summed E-state index contributed by atoms with van der Waals surface area (Å²) >= 11 is 0. The van der Waals surface area contributed by atoms with Gasteiger partial charge in [-0.1, -0.05) is 0 Å². The topological polar surface area (TPSA) is 97.6 Å². The highest BCUT2D eigenvalue weighted by atomic mass is 16.5. The molecule has 20 heavy (non-hydrogen) atoms. The molecule has 0 saturated carbocycles. The maximum atomic E-state index is 12.2. The molecule has 110 valence electrons. The predicted octanol–water partition coefficient (Wildman–Crippen LogP) is -0.240. The van der Waals surface area contributed by atoms with Gasteiger partial charge in [0.25, 0.3) is 0 Å². The van der Waals surface area contributed by atoms with Crippen molar-refractivity contribution in [2.24, 2.45) is 0 Å². The molecule has 8 nitrogen and oxygen atoms in total. The molecule has 8 heteroatoms. The minimum absolute atomic E-state index is 0.0281. The summed E-state index contributed by atoms with van der Waals surface area (Å²) in [5.74, 6) is -0.944. The lowest BCUT2D eigenvalue weighted by Crippen LogP contribution is -2.49. The van der Waals surface area contributed by atoms with E-state index in [2.05, 4.69) is 10.1 Å². The van der Waals surface area contributed by atoms with Crippen LogP contribution >= 0.6 is 0 Å². The molecule has 1 atom stereocenters. The first-order chi connectivity index (χ1) is 9.66. The van der Waals surface area contributed by atoms with Crippen LogP contribution in [-0.2, 0) is 20.9 Å². The quantitative estimate of drug-likeness (QED) is 0.773. The smallest absolute Gasteiger partial charge is 0.305 e. The SMILES string of the molecule is O=C(O)CC1COCCN1C(=O)CCCn1cncn1. The number of carbonyl (C=O) groups is 2. The highest BCUT2D eigenvalue weighted by Crippen LogP contribution is 2.13. The van der Waals surface area contributed by atoms with Crippen LogP contribution < -0.4 is 0 Å². The molecule has 1 aliphatic rings. The first-order valence-corrected chi connectivity index (χ1v) is 6.58. The van der Waals surface area contributed by atoms with E-state index in [0.29, 0.717) is 39.1 Å². The first-order valence-electron chi connectivity index (χ1n) is 6.58. The van der Waals surface area contributed by atoms with Gasteiger partial charge in [0, 0.05) is 19.5 Å². The number of carboxylic acid groups (broad SMARTS) is 1. The van der Waals surface area contributed by atoms with E-state index < -0.39 is 5.97 Å². The zero-order chi connectivity index (χ0) is 14.4. The van der Waals surface area contributed by atoms with Crippen LogP contribution in [0.1, 0.15) is 19.3 Å². The number of aromatic nitrogens is 3. The number of morpholine rings is 1. The molecule has 1 fully saturated rings. The number of hydrogen-bond donors (Lipinski definition) is 1. The van der Waals surface area contributed by atoms with Gasteiger partial charge < -0.3 is 14.7 Å². The molecule has 1 aromatic heterocycles. The van der Waals surface area contributed by atoms with E-state index in [4.69, 9.17) is 9.84 Å². The number of aryl methyl sites for hydroxylation is 1. The highest BCUT2D eigenvalue weighted by Gasteiger charge is 2.28. The molecule has 1 aliphatic heterocycles. The van der Waals surface area contributed by atoms with Crippen molar-refractivity contribution in [3.8, 4) is 0 Å². The maximum Gasteiger partial charge on any atom is 0.305 e. The normalized spacial score (nSPS) is 19.0. The number of nitrogens with zero attached hydrogens (tertiary/aromatic N) is 4. The number of amides is 1. The molecule has 1 saturated heterocycles. The number of aliphatic carboxylic acids is 1. The third-order valence-corrected chi connectivity index (χ3v) is 3.20. The zero-order valence-corrected chi connectivity index (χ0v) is 11.1. The van der Waals surface area contributed by atoms with Crippen molar-refractivity contribution < 1.29 is 19.4 Å². The number of carbonyl (C=O) groups excluding carboxylic acids is 1. The van der Waals surface area contributed by atoms with Gasteiger partial charge in [0.1, 0.15) is 12.7 Å². The van der Waals surface area contributed by atoms with Gasteiger partial charge in [-0.05, 0) is 6.42 Å². The van der Waals surface area contributed by atoms with Gasteiger partial charge in [-0.3, -0.25) is 14.3 Å². The lowest BCUT2D eigenvalue weighted by molar-refractivity contribution is -0.146. The largest absolute Gasteiger partial charge is 0.481 e.